The van der Waals surface area contributed by atoms with Crippen molar-refractivity contribution >= 4 is 22.6 Å². The molecular weight excluding hydrogens is 262 g/mol. The van der Waals surface area contributed by atoms with Gasteiger partial charge in [0, 0.05) is 50.7 Å². The molecule has 2 rings (SSSR count). The van der Waals surface area contributed by atoms with Crippen LogP contribution in [-0.2, 0) is 4.79 Å². The predicted molar refractivity (Wildman–Crippen MR) is 76.7 cm³/mol. The van der Waals surface area contributed by atoms with Crippen LogP contribution in [0.5, 0.6) is 0 Å². The van der Waals surface area contributed by atoms with Crippen LogP contribution in [0.3, 0.4) is 0 Å². The Balaban J connectivity index is 1.91. The molecule has 1 amide bonds. The van der Waals surface area contributed by atoms with Crippen LogP contribution in [0.15, 0.2) is 0 Å². The third-order valence-corrected chi connectivity index (χ3v) is 3.96. The largest absolute Gasteiger partial charge is 0.341 e. The highest BCUT2D eigenvalue weighted by molar-refractivity contribution is 7.09. The van der Waals surface area contributed by atoms with E-state index in [2.05, 4.69) is 28.5 Å². The van der Waals surface area contributed by atoms with E-state index in [1.165, 1.54) is 11.5 Å². The molecule has 6 nitrogen and oxygen atoms in total. The topological polar surface area (TPSA) is 61.4 Å². The van der Waals surface area contributed by atoms with Gasteiger partial charge in [-0.3, -0.25) is 4.79 Å². The van der Waals surface area contributed by atoms with Gasteiger partial charge in [0.05, 0.1) is 6.54 Å². The van der Waals surface area contributed by atoms with Crippen LogP contribution < -0.4 is 10.2 Å². The molecule has 106 valence electrons. The minimum atomic E-state index is 0.158. The van der Waals surface area contributed by atoms with E-state index in [1.807, 2.05) is 16.8 Å². The molecule has 1 N–H and O–H groups in total. The molecule has 0 saturated carbocycles. The lowest BCUT2D eigenvalue weighted by molar-refractivity contribution is -0.130. The second-order valence-electron chi connectivity index (χ2n) is 5.08. The highest BCUT2D eigenvalue weighted by Crippen LogP contribution is 2.20. The molecule has 0 unspecified atom stereocenters. The molecule has 0 spiro atoms. The van der Waals surface area contributed by atoms with Crippen molar-refractivity contribution in [2.24, 2.45) is 0 Å². The zero-order valence-corrected chi connectivity index (χ0v) is 12.5. The summed E-state index contributed by atoms with van der Waals surface area (Å²) in [5, 5.41) is 4.05. The van der Waals surface area contributed by atoms with Crippen LogP contribution in [0.4, 0.5) is 5.13 Å². The molecule has 1 saturated heterocycles. The Morgan fingerprint density at radius 2 is 2.16 bits per heavy atom. The highest BCUT2D eigenvalue weighted by Gasteiger charge is 2.19. The third kappa shape index (κ3) is 3.63. The van der Waals surface area contributed by atoms with Gasteiger partial charge in [-0.2, -0.15) is 4.37 Å². The van der Waals surface area contributed by atoms with Crippen molar-refractivity contribution in [2.75, 3.05) is 44.7 Å². The van der Waals surface area contributed by atoms with Crippen LogP contribution in [0.2, 0.25) is 0 Å². The summed E-state index contributed by atoms with van der Waals surface area (Å²) in [5.74, 6) is 1.33. The second-order valence-corrected chi connectivity index (χ2v) is 5.81. The van der Waals surface area contributed by atoms with Crippen LogP contribution >= 0.6 is 11.5 Å². The van der Waals surface area contributed by atoms with Crippen molar-refractivity contribution < 1.29 is 4.79 Å². The number of carbonyl (C=O) groups is 1. The first-order valence-corrected chi connectivity index (χ1v) is 7.38. The zero-order valence-electron chi connectivity index (χ0n) is 11.7. The standard InChI is InChI=1S/C12H21N5OS/c1-9(2)11-14-12(19-15-11)16(3)8-10(18)17-6-4-13-5-7-17/h9,13H,4-8H2,1-3H3. The molecule has 19 heavy (non-hydrogen) atoms. The Labute approximate surface area is 118 Å². The van der Waals surface area contributed by atoms with Gasteiger partial charge in [0.2, 0.25) is 11.0 Å². The number of nitrogens with zero attached hydrogens (tertiary/aromatic N) is 4. The van der Waals surface area contributed by atoms with Crippen molar-refractivity contribution in [1.29, 1.82) is 0 Å². The quantitative estimate of drug-likeness (QED) is 0.873. The molecule has 1 aromatic heterocycles. The Hall–Kier alpha value is -1.21. The second kappa shape index (κ2) is 6.29. The third-order valence-electron chi connectivity index (χ3n) is 3.12. The zero-order chi connectivity index (χ0) is 13.8. The fourth-order valence-corrected chi connectivity index (χ4v) is 2.67. The lowest BCUT2D eigenvalue weighted by atomic mass is 10.2. The number of likely N-dealkylation sites (N-methyl/N-ethyl adjacent to an activating group) is 1. The Morgan fingerprint density at radius 3 is 2.74 bits per heavy atom. The molecule has 2 heterocycles. The van der Waals surface area contributed by atoms with E-state index < -0.39 is 0 Å². The number of piperazine rings is 1. The minimum absolute atomic E-state index is 0.158. The summed E-state index contributed by atoms with van der Waals surface area (Å²) in [5.41, 5.74) is 0. The first kappa shape index (κ1) is 14.2. The number of carbonyl (C=O) groups excluding carboxylic acids is 1. The van der Waals surface area contributed by atoms with Crippen LogP contribution in [0, 0.1) is 0 Å². The number of hydrogen-bond acceptors (Lipinski definition) is 6. The van der Waals surface area contributed by atoms with Crippen molar-refractivity contribution in [3.05, 3.63) is 5.82 Å². The number of hydrogen-bond donors (Lipinski definition) is 1. The van der Waals surface area contributed by atoms with Gasteiger partial charge in [0.1, 0.15) is 5.82 Å². The van der Waals surface area contributed by atoms with Crippen LogP contribution in [0.25, 0.3) is 0 Å². The van der Waals surface area contributed by atoms with Gasteiger partial charge in [-0.1, -0.05) is 13.8 Å². The van der Waals surface area contributed by atoms with Gasteiger partial charge in [-0.15, -0.1) is 0 Å². The lowest BCUT2D eigenvalue weighted by Crippen LogP contribution is -2.49. The minimum Gasteiger partial charge on any atom is -0.341 e. The maximum Gasteiger partial charge on any atom is 0.242 e. The first-order valence-electron chi connectivity index (χ1n) is 6.61. The normalized spacial score (nSPS) is 15.9. The molecule has 7 heteroatoms. The first-order chi connectivity index (χ1) is 9.08. The fourth-order valence-electron chi connectivity index (χ4n) is 1.90. The van der Waals surface area contributed by atoms with Gasteiger partial charge in [-0.25, -0.2) is 4.98 Å². The van der Waals surface area contributed by atoms with Crippen molar-refractivity contribution in [3.8, 4) is 0 Å². The molecule has 1 fully saturated rings. The van der Waals surface area contributed by atoms with Gasteiger partial charge in [0.25, 0.3) is 0 Å². The Bertz CT molecular complexity index is 428. The summed E-state index contributed by atoms with van der Waals surface area (Å²) in [7, 11) is 1.89. The van der Waals surface area contributed by atoms with E-state index in [4.69, 9.17) is 0 Å². The van der Waals surface area contributed by atoms with E-state index in [1.54, 1.807) is 0 Å². The lowest BCUT2D eigenvalue weighted by Gasteiger charge is -2.29. The van der Waals surface area contributed by atoms with Crippen molar-refractivity contribution in [2.45, 2.75) is 19.8 Å². The number of aromatic nitrogens is 2. The van der Waals surface area contributed by atoms with Gasteiger partial charge >= 0.3 is 0 Å². The monoisotopic (exact) mass is 283 g/mol. The van der Waals surface area contributed by atoms with E-state index in [-0.39, 0.29) is 5.91 Å². The summed E-state index contributed by atoms with van der Waals surface area (Å²) in [6.45, 7) is 7.85. The molecule has 1 aliphatic rings. The van der Waals surface area contributed by atoms with Gasteiger partial charge in [0.15, 0.2) is 0 Å². The number of rotatable bonds is 4. The average molecular weight is 283 g/mol. The van der Waals surface area contributed by atoms with E-state index in [0.29, 0.717) is 12.5 Å². The number of nitrogens with one attached hydrogen (secondary N) is 1. The molecule has 0 aromatic carbocycles. The smallest absolute Gasteiger partial charge is 0.242 e. The van der Waals surface area contributed by atoms with Crippen molar-refractivity contribution in [3.63, 3.8) is 0 Å². The van der Waals surface area contributed by atoms with Crippen molar-refractivity contribution in [1.82, 2.24) is 19.6 Å². The van der Waals surface area contributed by atoms with Crippen LogP contribution in [-0.4, -0.2) is 59.9 Å². The maximum atomic E-state index is 12.1. The average Bonchev–Trinajstić information content (AvgIpc) is 2.89. The summed E-state index contributed by atoms with van der Waals surface area (Å²) in [6, 6.07) is 0. The molecule has 1 aliphatic heterocycles. The van der Waals surface area contributed by atoms with E-state index in [9.17, 15) is 4.79 Å². The van der Waals surface area contributed by atoms with E-state index >= 15 is 0 Å². The summed E-state index contributed by atoms with van der Waals surface area (Å²) in [6.07, 6.45) is 0. The molecule has 0 aliphatic carbocycles. The number of amides is 1. The highest BCUT2D eigenvalue weighted by atomic mass is 32.1. The molecule has 0 radical (unpaired) electrons. The summed E-state index contributed by atoms with van der Waals surface area (Å²) in [4.78, 5) is 20.4. The molecule has 1 aromatic rings. The van der Waals surface area contributed by atoms with E-state index in [0.717, 1.165) is 37.1 Å². The van der Waals surface area contributed by atoms with Crippen LogP contribution in [0.1, 0.15) is 25.6 Å². The Morgan fingerprint density at radius 1 is 1.47 bits per heavy atom. The van der Waals surface area contributed by atoms with Gasteiger partial charge < -0.3 is 15.1 Å². The summed E-state index contributed by atoms with van der Waals surface area (Å²) < 4.78 is 4.31. The predicted octanol–water partition coefficient (Wildman–Crippen LogP) is 0.529. The SMILES string of the molecule is CC(C)c1nsc(N(C)CC(=O)N2CCNCC2)n1. The fraction of sp³-hybridized carbons (Fsp3) is 0.750. The number of anilines is 1. The molecule has 0 bridgehead atoms. The maximum absolute atomic E-state index is 12.1. The molecule has 0 atom stereocenters. The van der Waals surface area contributed by atoms with Gasteiger partial charge in [-0.05, 0) is 0 Å². The summed E-state index contributed by atoms with van der Waals surface area (Å²) >= 11 is 1.36. The Kier molecular flexibility index (Phi) is 4.71. The molecular formula is C12H21N5OS.